The first-order valence-corrected chi connectivity index (χ1v) is 9.10. The number of rotatable bonds is 7. The number of nitrogens with one attached hydrogen (secondary N) is 2. The zero-order chi connectivity index (χ0) is 18.4. The number of phenols is 1. The Morgan fingerprint density at radius 2 is 1.92 bits per heavy atom. The molecule has 2 aromatic carbocycles. The number of methoxy groups -OCH3 is 1. The van der Waals surface area contributed by atoms with Crippen LogP contribution in [0, 0.1) is 0 Å². The fourth-order valence-corrected chi connectivity index (χ4v) is 3.11. The number of hydrogen-bond donors (Lipinski definition) is 3. The van der Waals surface area contributed by atoms with E-state index in [1.807, 2.05) is 6.07 Å². The number of ether oxygens (including phenoxy) is 1. The van der Waals surface area contributed by atoms with Gasteiger partial charge in [0.2, 0.25) is 0 Å². The maximum absolute atomic E-state index is 9.90. The molecular formula is C21H27N3O2. The Hall–Kier alpha value is -2.69. The van der Waals surface area contributed by atoms with Crippen LogP contribution in [0.1, 0.15) is 30.9 Å². The quantitative estimate of drug-likeness (QED) is 0.528. The van der Waals surface area contributed by atoms with E-state index in [0.29, 0.717) is 12.3 Å². The summed E-state index contributed by atoms with van der Waals surface area (Å²) in [6.45, 7) is 4.22. The number of benzene rings is 2. The SMILES string of the molecule is CCNC(=NCc1ccc(OC)c(O)c1)NCC1(c2ccccc2)CC1. The van der Waals surface area contributed by atoms with Gasteiger partial charge in [-0.05, 0) is 43.0 Å². The van der Waals surface area contributed by atoms with E-state index in [1.165, 1.54) is 18.4 Å². The summed E-state index contributed by atoms with van der Waals surface area (Å²) in [7, 11) is 1.54. The Labute approximate surface area is 155 Å². The predicted molar refractivity (Wildman–Crippen MR) is 105 cm³/mol. The first kappa shape index (κ1) is 18.1. The van der Waals surface area contributed by atoms with Gasteiger partial charge in [-0.2, -0.15) is 0 Å². The molecule has 1 fully saturated rings. The zero-order valence-electron chi connectivity index (χ0n) is 15.5. The maximum atomic E-state index is 9.90. The number of phenolic OH excluding ortho intramolecular Hbond substituents is 1. The van der Waals surface area contributed by atoms with Gasteiger partial charge in [-0.25, -0.2) is 4.99 Å². The molecule has 0 saturated heterocycles. The molecule has 0 atom stereocenters. The standard InChI is InChI=1S/C21H27N3O2/c1-3-22-20(23-14-16-9-10-19(26-2)18(25)13-16)24-15-21(11-12-21)17-7-5-4-6-8-17/h4-10,13,25H,3,11-12,14-15H2,1-2H3,(H2,22,23,24). The molecule has 1 aliphatic rings. The second kappa shape index (κ2) is 8.13. The number of guanidine groups is 1. The Morgan fingerprint density at radius 1 is 1.15 bits per heavy atom. The lowest BCUT2D eigenvalue weighted by Crippen LogP contribution is -2.41. The monoisotopic (exact) mass is 353 g/mol. The van der Waals surface area contributed by atoms with Gasteiger partial charge in [0.1, 0.15) is 0 Å². The average Bonchev–Trinajstić information content (AvgIpc) is 3.46. The molecule has 0 spiro atoms. The van der Waals surface area contributed by atoms with Gasteiger partial charge in [0.25, 0.3) is 0 Å². The van der Waals surface area contributed by atoms with E-state index in [0.717, 1.165) is 24.6 Å². The van der Waals surface area contributed by atoms with Crippen molar-refractivity contribution in [1.82, 2.24) is 10.6 Å². The minimum Gasteiger partial charge on any atom is -0.504 e. The Morgan fingerprint density at radius 3 is 2.54 bits per heavy atom. The Balaban J connectivity index is 1.64. The average molecular weight is 353 g/mol. The van der Waals surface area contributed by atoms with Crippen LogP contribution in [0.15, 0.2) is 53.5 Å². The summed E-state index contributed by atoms with van der Waals surface area (Å²) in [5.74, 6) is 1.41. The van der Waals surface area contributed by atoms with Crippen LogP contribution in [-0.2, 0) is 12.0 Å². The van der Waals surface area contributed by atoms with E-state index in [4.69, 9.17) is 4.74 Å². The van der Waals surface area contributed by atoms with Crippen molar-refractivity contribution in [2.45, 2.75) is 31.7 Å². The van der Waals surface area contributed by atoms with Crippen molar-refractivity contribution < 1.29 is 9.84 Å². The zero-order valence-corrected chi connectivity index (χ0v) is 15.5. The molecule has 0 aliphatic heterocycles. The molecule has 0 heterocycles. The topological polar surface area (TPSA) is 65.9 Å². The highest BCUT2D eigenvalue weighted by molar-refractivity contribution is 5.80. The normalized spacial score (nSPS) is 15.4. The predicted octanol–water partition coefficient (Wildman–Crippen LogP) is 3.19. The third-order valence-corrected chi connectivity index (χ3v) is 4.84. The van der Waals surface area contributed by atoms with Gasteiger partial charge in [0.05, 0.1) is 13.7 Å². The molecule has 3 rings (SSSR count). The second-order valence-corrected chi connectivity index (χ2v) is 6.70. The first-order valence-electron chi connectivity index (χ1n) is 9.10. The van der Waals surface area contributed by atoms with E-state index >= 15 is 0 Å². The van der Waals surface area contributed by atoms with E-state index in [-0.39, 0.29) is 11.2 Å². The molecule has 1 saturated carbocycles. The molecule has 26 heavy (non-hydrogen) atoms. The lowest BCUT2D eigenvalue weighted by atomic mass is 9.96. The van der Waals surface area contributed by atoms with E-state index in [9.17, 15) is 5.11 Å². The Kier molecular flexibility index (Phi) is 5.66. The summed E-state index contributed by atoms with van der Waals surface area (Å²) >= 11 is 0. The second-order valence-electron chi connectivity index (χ2n) is 6.70. The van der Waals surface area contributed by atoms with Crippen LogP contribution >= 0.6 is 0 Å². The van der Waals surface area contributed by atoms with E-state index in [1.54, 1.807) is 19.2 Å². The van der Waals surface area contributed by atoms with Crippen molar-refractivity contribution >= 4 is 5.96 Å². The molecule has 0 amide bonds. The van der Waals surface area contributed by atoms with Crippen LogP contribution in [0.4, 0.5) is 0 Å². The van der Waals surface area contributed by atoms with Crippen LogP contribution in [0.3, 0.4) is 0 Å². The fourth-order valence-electron chi connectivity index (χ4n) is 3.11. The number of aromatic hydroxyl groups is 1. The molecule has 0 radical (unpaired) electrons. The van der Waals surface area contributed by atoms with Crippen molar-refractivity contribution in [3.05, 3.63) is 59.7 Å². The van der Waals surface area contributed by atoms with Crippen molar-refractivity contribution in [2.75, 3.05) is 20.2 Å². The molecule has 5 heteroatoms. The van der Waals surface area contributed by atoms with Gasteiger partial charge in [0.15, 0.2) is 17.5 Å². The van der Waals surface area contributed by atoms with Crippen molar-refractivity contribution in [1.29, 1.82) is 0 Å². The van der Waals surface area contributed by atoms with E-state index in [2.05, 4.69) is 52.9 Å². The van der Waals surface area contributed by atoms with Crippen LogP contribution in [0.25, 0.3) is 0 Å². The van der Waals surface area contributed by atoms with Gasteiger partial charge in [-0.15, -0.1) is 0 Å². The third kappa shape index (κ3) is 4.28. The van der Waals surface area contributed by atoms with Gasteiger partial charge < -0.3 is 20.5 Å². The van der Waals surface area contributed by atoms with Crippen LogP contribution in [0.2, 0.25) is 0 Å². The van der Waals surface area contributed by atoms with Crippen molar-refractivity contribution in [3.8, 4) is 11.5 Å². The smallest absolute Gasteiger partial charge is 0.191 e. The lowest BCUT2D eigenvalue weighted by molar-refractivity contribution is 0.373. The molecule has 0 bridgehead atoms. The highest BCUT2D eigenvalue weighted by Gasteiger charge is 2.43. The summed E-state index contributed by atoms with van der Waals surface area (Å²) in [6.07, 6.45) is 2.41. The van der Waals surface area contributed by atoms with Crippen LogP contribution < -0.4 is 15.4 Å². The fraction of sp³-hybridized carbons (Fsp3) is 0.381. The van der Waals surface area contributed by atoms with Crippen molar-refractivity contribution in [2.24, 2.45) is 4.99 Å². The molecular weight excluding hydrogens is 326 g/mol. The molecule has 138 valence electrons. The van der Waals surface area contributed by atoms with Gasteiger partial charge in [0, 0.05) is 18.5 Å². The molecule has 5 nitrogen and oxygen atoms in total. The highest BCUT2D eigenvalue weighted by Crippen LogP contribution is 2.47. The minimum atomic E-state index is 0.138. The van der Waals surface area contributed by atoms with Gasteiger partial charge in [-0.1, -0.05) is 36.4 Å². The Bertz CT molecular complexity index is 755. The highest BCUT2D eigenvalue weighted by atomic mass is 16.5. The minimum absolute atomic E-state index is 0.138. The number of nitrogens with zero attached hydrogens (tertiary/aromatic N) is 1. The van der Waals surface area contributed by atoms with Gasteiger partial charge >= 0.3 is 0 Å². The summed E-state index contributed by atoms with van der Waals surface area (Å²) in [4.78, 5) is 4.65. The first-order chi connectivity index (χ1) is 12.7. The molecule has 1 aliphatic carbocycles. The summed E-state index contributed by atoms with van der Waals surface area (Å²) in [6, 6.07) is 16.0. The van der Waals surface area contributed by atoms with Gasteiger partial charge in [-0.3, -0.25) is 0 Å². The maximum Gasteiger partial charge on any atom is 0.191 e. The number of hydrogen-bond acceptors (Lipinski definition) is 3. The third-order valence-electron chi connectivity index (χ3n) is 4.84. The molecule has 2 aromatic rings. The molecule has 3 N–H and O–H groups in total. The summed E-state index contributed by atoms with van der Waals surface area (Å²) in [5.41, 5.74) is 2.56. The van der Waals surface area contributed by atoms with Crippen LogP contribution in [0.5, 0.6) is 11.5 Å². The van der Waals surface area contributed by atoms with E-state index < -0.39 is 0 Å². The summed E-state index contributed by atoms with van der Waals surface area (Å²) < 4.78 is 5.08. The van der Waals surface area contributed by atoms with Crippen molar-refractivity contribution in [3.63, 3.8) is 0 Å². The van der Waals surface area contributed by atoms with Crippen LogP contribution in [-0.4, -0.2) is 31.3 Å². The largest absolute Gasteiger partial charge is 0.504 e. The molecule has 0 unspecified atom stereocenters. The lowest BCUT2D eigenvalue weighted by Gasteiger charge is -2.19. The molecule has 0 aromatic heterocycles. The summed E-state index contributed by atoms with van der Waals surface area (Å²) in [5, 5.41) is 16.7. The number of aliphatic imine (C=N–C) groups is 1.